The number of aryl methyl sites for hydroxylation is 2. The first-order chi connectivity index (χ1) is 12.4. The van der Waals surface area contributed by atoms with Gasteiger partial charge in [-0.15, -0.1) is 0 Å². The van der Waals surface area contributed by atoms with Crippen LogP contribution >= 0.6 is 0 Å². The van der Waals surface area contributed by atoms with E-state index in [1.165, 1.54) is 6.07 Å². The minimum Gasteiger partial charge on any atom is -0.338 e. The van der Waals surface area contributed by atoms with Crippen molar-refractivity contribution >= 4 is 17.5 Å². The third kappa shape index (κ3) is 4.16. The molecule has 0 bridgehead atoms. The van der Waals surface area contributed by atoms with Crippen LogP contribution in [0.15, 0.2) is 24.3 Å². The summed E-state index contributed by atoms with van der Waals surface area (Å²) >= 11 is 0. The van der Waals surface area contributed by atoms with Gasteiger partial charge in [-0.1, -0.05) is 18.2 Å². The van der Waals surface area contributed by atoms with E-state index in [-0.39, 0.29) is 18.1 Å². The lowest BCUT2D eigenvalue weighted by atomic mass is 10.1. The zero-order valence-electron chi connectivity index (χ0n) is 15.4. The molecule has 0 spiro atoms. The maximum absolute atomic E-state index is 13.7. The van der Waals surface area contributed by atoms with E-state index in [1.54, 1.807) is 18.2 Å². The quantitative estimate of drug-likeness (QED) is 0.909. The normalized spacial score (nSPS) is 15.2. The van der Waals surface area contributed by atoms with Crippen molar-refractivity contribution in [2.75, 3.05) is 43.4 Å². The smallest absolute Gasteiger partial charge is 0.229 e. The van der Waals surface area contributed by atoms with Crippen LogP contribution in [-0.4, -0.2) is 54.0 Å². The summed E-state index contributed by atoms with van der Waals surface area (Å²) < 4.78 is 13.7. The molecule has 1 aliphatic heterocycles. The van der Waals surface area contributed by atoms with Crippen LogP contribution in [-0.2, 0) is 11.2 Å². The van der Waals surface area contributed by atoms with Crippen molar-refractivity contribution in [2.24, 2.45) is 0 Å². The molecule has 0 saturated carbocycles. The van der Waals surface area contributed by atoms with E-state index >= 15 is 0 Å². The second kappa shape index (κ2) is 7.78. The van der Waals surface area contributed by atoms with Crippen LogP contribution in [0.1, 0.15) is 17.0 Å². The monoisotopic (exact) mass is 357 g/mol. The van der Waals surface area contributed by atoms with Gasteiger partial charge < -0.3 is 15.1 Å². The molecule has 3 rings (SSSR count). The minimum absolute atomic E-state index is 0.0221. The number of hydrogen-bond acceptors (Lipinski definition) is 5. The fraction of sp³-hybridized carbons (Fsp3) is 0.421. The molecule has 1 fully saturated rings. The summed E-state index contributed by atoms with van der Waals surface area (Å²) in [7, 11) is 2.10. The molecule has 0 unspecified atom stereocenters. The third-order valence-corrected chi connectivity index (χ3v) is 4.62. The summed E-state index contributed by atoms with van der Waals surface area (Å²) in [5, 5.41) is 2.83. The number of rotatable bonds is 4. The number of amides is 1. The van der Waals surface area contributed by atoms with Crippen LogP contribution in [0.25, 0.3) is 0 Å². The first-order valence-corrected chi connectivity index (χ1v) is 8.76. The van der Waals surface area contributed by atoms with E-state index in [4.69, 9.17) is 0 Å². The van der Waals surface area contributed by atoms with Gasteiger partial charge in [-0.3, -0.25) is 4.79 Å². The lowest BCUT2D eigenvalue weighted by Crippen LogP contribution is -2.45. The van der Waals surface area contributed by atoms with E-state index in [0.29, 0.717) is 28.6 Å². The summed E-state index contributed by atoms with van der Waals surface area (Å²) in [6.45, 7) is 7.42. The van der Waals surface area contributed by atoms with Gasteiger partial charge in [0.2, 0.25) is 11.9 Å². The van der Waals surface area contributed by atoms with Gasteiger partial charge in [0.25, 0.3) is 0 Å². The maximum Gasteiger partial charge on any atom is 0.229 e. The molecule has 0 atom stereocenters. The predicted molar refractivity (Wildman–Crippen MR) is 99.9 cm³/mol. The average Bonchev–Trinajstić information content (AvgIpc) is 2.60. The Morgan fingerprint density at radius 1 is 1.12 bits per heavy atom. The largest absolute Gasteiger partial charge is 0.338 e. The van der Waals surface area contributed by atoms with Gasteiger partial charge >= 0.3 is 0 Å². The molecule has 1 saturated heterocycles. The third-order valence-electron chi connectivity index (χ3n) is 4.62. The molecule has 2 heterocycles. The highest BCUT2D eigenvalue weighted by atomic mass is 19.1. The number of aromatic nitrogens is 2. The van der Waals surface area contributed by atoms with Crippen LogP contribution in [0.2, 0.25) is 0 Å². The van der Waals surface area contributed by atoms with Crippen molar-refractivity contribution in [3.05, 3.63) is 47.0 Å². The van der Waals surface area contributed by atoms with Gasteiger partial charge in [-0.25, -0.2) is 14.4 Å². The number of benzene rings is 1. The Morgan fingerprint density at radius 2 is 1.73 bits per heavy atom. The number of carbonyl (C=O) groups excluding carboxylic acids is 1. The van der Waals surface area contributed by atoms with Crippen molar-refractivity contribution < 1.29 is 9.18 Å². The van der Waals surface area contributed by atoms with E-state index in [9.17, 15) is 9.18 Å². The highest BCUT2D eigenvalue weighted by Crippen LogP contribution is 2.21. The van der Waals surface area contributed by atoms with Gasteiger partial charge in [0.15, 0.2) is 0 Å². The molecule has 6 nitrogen and oxygen atoms in total. The molecular weight excluding hydrogens is 333 g/mol. The summed E-state index contributed by atoms with van der Waals surface area (Å²) in [5.74, 6) is 0.0372. The topological polar surface area (TPSA) is 61.4 Å². The zero-order chi connectivity index (χ0) is 18.7. The molecule has 1 aromatic heterocycles. The summed E-state index contributed by atoms with van der Waals surface area (Å²) in [4.78, 5) is 25.9. The average molecular weight is 357 g/mol. The van der Waals surface area contributed by atoms with Crippen molar-refractivity contribution in [1.29, 1.82) is 0 Å². The Labute approximate surface area is 153 Å². The molecule has 1 aromatic carbocycles. The molecule has 0 radical (unpaired) electrons. The first kappa shape index (κ1) is 18.3. The van der Waals surface area contributed by atoms with Gasteiger partial charge in [-0.05, 0) is 32.5 Å². The molecule has 2 aromatic rings. The molecule has 1 aliphatic rings. The number of nitrogens with one attached hydrogen (secondary N) is 1. The van der Waals surface area contributed by atoms with Crippen LogP contribution in [0.4, 0.5) is 16.0 Å². The number of hydrogen-bond donors (Lipinski definition) is 1. The van der Waals surface area contributed by atoms with Gasteiger partial charge in [0.05, 0.1) is 23.5 Å². The number of piperazine rings is 1. The minimum atomic E-state index is -0.377. The molecular formula is C19H24FN5O. The molecule has 1 amide bonds. The maximum atomic E-state index is 13.7. The van der Waals surface area contributed by atoms with Gasteiger partial charge in [-0.2, -0.15) is 0 Å². The van der Waals surface area contributed by atoms with Crippen molar-refractivity contribution in [2.45, 2.75) is 20.3 Å². The lowest BCUT2D eigenvalue weighted by Gasteiger charge is -2.32. The Bertz CT molecular complexity index is 779. The van der Waals surface area contributed by atoms with E-state index in [2.05, 4.69) is 32.1 Å². The summed E-state index contributed by atoms with van der Waals surface area (Å²) in [6, 6.07) is 6.29. The molecule has 1 N–H and O–H groups in total. The molecule has 26 heavy (non-hydrogen) atoms. The highest BCUT2D eigenvalue weighted by Gasteiger charge is 2.19. The van der Waals surface area contributed by atoms with Crippen molar-refractivity contribution in [1.82, 2.24) is 14.9 Å². The zero-order valence-corrected chi connectivity index (χ0v) is 15.4. The Kier molecular flexibility index (Phi) is 5.46. The van der Waals surface area contributed by atoms with Crippen LogP contribution in [0, 0.1) is 19.7 Å². The lowest BCUT2D eigenvalue weighted by molar-refractivity contribution is -0.115. The van der Waals surface area contributed by atoms with Crippen molar-refractivity contribution in [3.8, 4) is 0 Å². The van der Waals surface area contributed by atoms with Crippen LogP contribution in [0.3, 0.4) is 0 Å². The molecule has 0 aliphatic carbocycles. The molecule has 7 heteroatoms. The fourth-order valence-electron chi connectivity index (χ4n) is 3.03. The number of halogens is 1. The second-order valence-electron chi connectivity index (χ2n) is 6.68. The summed E-state index contributed by atoms with van der Waals surface area (Å²) in [6.07, 6.45) is -0.0221. The second-order valence-corrected chi connectivity index (χ2v) is 6.68. The molecule has 138 valence electrons. The SMILES string of the molecule is Cc1nc(N2CCN(C)CC2)nc(C)c1NC(=O)Cc1ccccc1F. The Balaban J connectivity index is 1.72. The van der Waals surface area contributed by atoms with Crippen molar-refractivity contribution in [3.63, 3.8) is 0 Å². The number of anilines is 2. The number of likely N-dealkylation sites (N-methyl/N-ethyl adjacent to an activating group) is 1. The summed E-state index contributed by atoms with van der Waals surface area (Å²) in [5.41, 5.74) is 2.40. The van der Waals surface area contributed by atoms with Gasteiger partial charge in [0.1, 0.15) is 5.82 Å². The Hall–Kier alpha value is -2.54. The number of carbonyl (C=O) groups is 1. The fourth-order valence-corrected chi connectivity index (χ4v) is 3.03. The van der Waals surface area contributed by atoms with E-state index in [0.717, 1.165) is 26.2 Å². The van der Waals surface area contributed by atoms with Gasteiger partial charge in [0, 0.05) is 26.2 Å². The van der Waals surface area contributed by atoms with Crippen LogP contribution in [0.5, 0.6) is 0 Å². The standard InChI is InChI=1S/C19H24FN5O/c1-13-18(23-17(26)12-15-6-4-5-7-16(15)20)14(2)22-19(21-13)25-10-8-24(3)9-11-25/h4-7H,8-12H2,1-3H3,(H,23,26). The highest BCUT2D eigenvalue weighted by molar-refractivity contribution is 5.93. The van der Waals surface area contributed by atoms with E-state index in [1.807, 2.05) is 13.8 Å². The van der Waals surface area contributed by atoms with E-state index < -0.39 is 0 Å². The Morgan fingerprint density at radius 3 is 2.35 bits per heavy atom. The number of nitrogens with zero attached hydrogens (tertiary/aromatic N) is 4. The van der Waals surface area contributed by atoms with Crippen LogP contribution < -0.4 is 10.2 Å². The predicted octanol–water partition coefficient (Wildman–Crippen LogP) is 2.17. The first-order valence-electron chi connectivity index (χ1n) is 8.76.